The Morgan fingerprint density at radius 1 is 1.31 bits per heavy atom. The van der Waals surface area contributed by atoms with E-state index in [1.807, 2.05) is 0 Å². The number of rotatable bonds is 8. The smallest absolute Gasteiger partial charge is 0.416 e. The highest BCUT2D eigenvalue weighted by molar-refractivity contribution is 8.22. The van der Waals surface area contributed by atoms with Crippen LogP contribution in [-0.4, -0.2) is 79.7 Å². The van der Waals surface area contributed by atoms with Crippen molar-refractivity contribution in [1.29, 1.82) is 0 Å². The molecule has 0 spiro atoms. The van der Waals surface area contributed by atoms with Crippen molar-refractivity contribution in [2.75, 3.05) is 26.1 Å². The first-order chi connectivity index (χ1) is 18.0. The van der Waals surface area contributed by atoms with Crippen LogP contribution < -0.4 is 0 Å². The van der Waals surface area contributed by atoms with E-state index in [9.17, 15) is 23.4 Å². The highest BCUT2D eigenvalue weighted by Crippen LogP contribution is 2.52. The predicted octanol–water partition coefficient (Wildman–Crippen LogP) is 6.21. The summed E-state index contributed by atoms with van der Waals surface area (Å²) < 4.78 is 58.3. The van der Waals surface area contributed by atoms with Gasteiger partial charge in [0.05, 0.1) is 18.1 Å². The van der Waals surface area contributed by atoms with Gasteiger partial charge in [0, 0.05) is 27.3 Å². The van der Waals surface area contributed by atoms with Gasteiger partial charge in [-0.25, -0.2) is 37.7 Å². The number of benzene rings is 1. The molecule has 0 saturated carbocycles. The minimum Gasteiger partial charge on any atom is -0.465 e. The lowest BCUT2D eigenvalue weighted by molar-refractivity contribution is 0.0650. The average molecular weight is 604 g/mol. The van der Waals surface area contributed by atoms with Gasteiger partial charge < -0.3 is 9.84 Å². The van der Waals surface area contributed by atoms with Crippen LogP contribution in [0.2, 0.25) is 30.8 Å². The van der Waals surface area contributed by atoms with Crippen LogP contribution in [0.5, 0.6) is 0 Å². The van der Waals surface area contributed by atoms with Gasteiger partial charge >= 0.3 is 6.09 Å². The van der Waals surface area contributed by atoms with E-state index in [2.05, 4.69) is 34.6 Å². The van der Waals surface area contributed by atoms with Crippen LogP contribution in [-0.2, 0) is 10.3 Å². The van der Waals surface area contributed by atoms with E-state index >= 15 is 4.39 Å². The second-order valence-corrected chi connectivity index (χ2v) is 18.6. The van der Waals surface area contributed by atoms with E-state index in [0.717, 1.165) is 33.6 Å². The molecule has 1 aliphatic rings. The molecule has 10 nitrogen and oxygen atoms in total. The molecular weight excluding hydrogens is 572 g/mol. The second kappa shape index (κ2) is 11.9. The number of guanidine groups is 1. The van der Waals surface area contributed by atoms with Crippen LogP contribution in [0.25, 0.3) is 11.9 Å². The number of nitrogens with zero attached hydrogens (tertiary/aromatic N) is 5. The molecule has 1 aliphatic heterocycles. The van der Waals surface area contributed by atoms with Gasteiger partial charge in [-0.1, -0.05) is 37.3 Å². The van der Waals surface area contributed by atoms with Gasteiger partial charge in [0.25, 0.3) is 0 Å². The molecule has 0 aliphatic carbocycles. The lowest BCUT2D eigenvalue weighted by atomic mass is 9.92. The maximum absolute atomic E-state index is 15.2. The largest absolute Gasteiger partial charge is 0.465 e. The number of aliphatic imine (C=N–C) groups is 1. The van der Waals surface area contributed by atoms with Crippen molar-refractivity contribution >= 4 is 54.4 Å². The number of hydrogen-bond donors (Lipinski definition) is 3. The minimum atomic E-state index is -3.64. The van der Waals surface area contributed by atoms with Crippen LogP contribution in [0.3, 0.4) is 0 Å². The third-order valence-corrected chi connectivity index (χ3v) is 9.85. The summed E-state index contributed by atoms with van der Waals surface area (Å²) in [4.78, 5) is 25.0. The van der Waals surface area contributed by atoms with Crippen molar-refractivity contribution in [1.82, 2.24) is 19.2 Å². The van der Waals surface area contributed by atoms with Crippen LogP contribution in [0.4, 0.5) is 13.6 Å². The molecule has 0 fully saturated rings. The summed E-state index contributed by atoms with van der Waals surface area (Å²) in [6.45, 7) is 7.81. The van der Waals surface area contributed by atoms with Gasteiger partial charge in [0.1, 0.15) is 28.9 Å². The molecule has 2 heterocycles. The third kappa shape index (κ3) is 7.74. The summed E-state index contributed by atoms with van der Waals surface area (Å²) in [5.41, 5.74) is -1.55. The summed E-state index contributed by atoms with van der Waals surface area (Å²) in [7, 11) is -3.78. The zero-order chi connectivity index (χ0) is 29.2. The first kappa shape index (κ1) is 30.9. The molecule has 1 amide bonds. The number of aromatic nitrogens is 2. The lowest BCUT2D eigenvalue weighted by Crippen LogP contribution is -2.53. The Hall–Kier alpha value is -2.62. The Morgan fingerprint density at radius 3 is 2.59 bits per heavy atom. The Balaban J connectivity index is 2.00. The fraction of sp³-hybridized carbons (Fsp3) is 0.417. The Labute approximate surface area is 233 Å². The summed E-state index contributed by atoms with van der Waals surface area (Å²) >= 11 is 5.70. The fourth-order valence-corrected chi connectivity index (χ4v) is 6.15. The summed E-state index contributed by atoms with van der Waals surface area (Å²) in [5.74, 6) is -2.24. The van der Waals surface area contributed by atoms with E-state index in [1.165, 1.54) is 32.3 Å². The molecule has 0 radical (unpaired) electrons. The number of carboxylic acid groups (broad SMARTS) is 1. The SMILES string of the molecule is CN1C(N(COCC[Si](C)(C)C)C(=O)O)=NC(C)(c2cc(/C=C(\F)c3cnc(Cl)cn3)ccc2F)CS1(O)O. The summed E-state index contributed by atoms with van der Waals surface area (Å²) in [5, 5.41) is 9.98. The maximum atomic E-state index is 15.2. The van der Waals surface area contributed by atoms with Crippen LogP contribution >= 0.6 is 22.4 Å². The number of carbonyl (C=O) groups is 1. The molecule has 1 unspecified atom stereocenters. The van der Waals surface area contributed by atoms with Crippen LogP contribution in [0.15, 0.2) is 35.6 Å². The topological polar surface area (TPSA) is 132 Å². The molecule has 214 valence electrons. The van der Waals surface area contributed by atoms with Gasteiger partial charge in [-0.15, -0.1) is 10.8 Å². The van der Waals surface area contributed by atoms with Gasteiger partial charge in [0.2, 0.25) is 5.96 Å². The first-order valence-corrected chi connectivity index (χ1v) is 17.6. The van der Waals surface area contributed by atoms with Crippen molar-refractivity contribution in [2.45, 2.75) is 38.1 Å². The number of halogens is 3. The summed E-state index contributed by atoms with van der Waals surface area (Å²) in [6.07, 6.45) is 2.01. The number of amides is 1. The van der Waals surface area contributed by atoms with E-state index < -0.39 is 54.6 Å². The maximum Gasteiger partial charge on any atom is 0.416 e. The Kier molecular flexibility index (Phi) is 9.40. The van der Waals surface area contributed by atoms with E-state index in [4.69, 9.17) is 16.3 Å². The van der Waals surface area contributed by atoms with Gasteiger partial charge in [-0.2, -0.15) is 0 Å². The van der Waals surface area contributed by atoms with E-state index in [0.29, 0.717) is 6.61 Å². The van der Waals surface area contributed by atoms with E-state index in [1.54, 1.807) is 0 Å². The normalized spacial score (nSPS) is 20.4. The summed E-state index contributed by atoms with van der Waals surface area (Å²) in [6, 6.07) is 4.54. The molecule has 3 N–H and O–H groups in total. The lowest BCUT2D eigenvalue weighted by Gasteiger charge is -2.51. The minimum absolute atomic E-state index is 0.0817. The van der Waals surface area contributed by atoms with Gasteiger partial charge in [-0.3, -0.25) is 9.11 Å². The average Bonchev–Trinajstić information content (AvgIpc) is 2.82. The highest BCUT2D eigenvalue weighted by Gasteiger charge is 2.45. The molecular formula is C24H32ClF2N5O5SSi. The van der Waals surface area contributed by atoms with Crippen molar-refractivity contribution in [3.05, 3.63) is 58.4 Å². The zero-order valence-electron chi connectivity index (χ0n) is 22.2. The van der Waals surface area contributed by atoms with Crippen molar-refractivity contribution in [3.8, 4) is 0 Å². The van der Waals surface area contributed by atoms with E-state index in [-0.39, 0.29) is 27.9 Å². The van der Waals surface area contributed by atoms with Gasteiger partial charge in [0.15, 0.2) is 5.83 Å². The molecule has 1 atom stereocenters. The van der Waals surface area contributed by atoms with Crippen LogP contribution in [0, 0.1) is 5.82 Å². The molecule has 2 aromatic rings. The Bertz CT molecular complexity index is 1280. The quantitative estimate of drug-likeness (QED) is 0.184. The number of ether oxygens (including phenoxy) is 1. The molecule has 1 aromatic carbocycles. The van der Waals surface area contributed by atoms with Crippen molar-refractivity contribution in [2.24, 2.45) is 4.99 Å². The third-order valence-electron chi connectivity index (χ3n) is 5.96. The Morgan fingerprint density at radius 2 is 2.00 bits per heavy atom. The standard InChI is InChI=1S/C24H32ClF2N5O5SSi/c1-24(17-10-16(6-7-18(17)26)11-19(27)20-12-29-21(25)13-28-20)14-38(35,36)31(2)22(30-24)32(23(33)34)15-37-8-9-39(3,4)5/h6-7,10-13,35-36H,8-9,14-15H2,1-5H3,(H,33,34)/b19-11-. The highest BCUT2D eigenvalue weighted by atomic mass is 35.5. The molecule has 3 rings (SSSR count). The monoisotopic (exact) mass is 603 g/mol. The van der Waals surface area contributed by atoms with Gasteiger partial charge in [-0.05, 0) is 36.7 Å². The zero-order valence-corrected chi connectivity index (χ0v) is 24.8. The molecule has 0 saturated heterocycles. The number of hydrogen-bond acceptors (Lipinski definition) is 8. The fourth-order valence-electron chi connectivity index (χ4n) is 3.73. The second-order valence-electron chi connectivity index (χ2n) is 10.5. The van der Waals surface area contributed by atoms with Crippen molar-refractivity contribution in [3.63, 3.8) is 0 Å². The molecule has 15 heteroatoms. The predicted molar refractivity (Wildman–Crippen MR) is 152 cm³/mol. The molecule has 0 bridgehead atoms. The molecule has 39 heavy (non-hydrogen) atoms. The van der Waals surface area contributed by atoms with Crippen molar-refractivity contribution < 1.29 is 32.5 Å². The first-order valence-electron chi connectivity index (χ1n) is 11.9. The van der Waals surface area contributed by atoms with Crippen LogP contribution in [0.1, 0.15) is 23.7 Å². The molecule has 1 aromatic heterocycles.